The van der Waals surface area contributed by atoms with Crippen LogP contribution in [0.5, 0.6) is 0 Å². The fourth-order valence-electron chi connectivity index (χ4n) is 1.60. The van der Waals surface area contributed by atoms with Crippen molar-refractivity contribution in [3.8, 4) is 11.8 Å². The van der Waals surface area contributed by atoms with Crippen LogP contribution in [0.1, 0.15) is 18.9 Å². The maximum atomic E-state index is 10.7. The summed E-state index contributed by atoms with van der Waals surface area (Å²) >= 11 is 7.37. The minimum absolute atomic E-state index is 0.131. The third-order valence-electron chi connectivity index (χ3n) is 2.45. The predicted octanol–water partition coefficient (Wildman–Crippen LogP) is 3.91. The molecule has 2 rings (SSSR count). The van der Waals surface area contributed by atoms with Gasteiger partial charge in [0, 0.05) is 36.2 Å². The van der Waals surface area contributed by atoms with Gasteiger partial charge in [-0.05, 0) is 18.2 Å². The lowest BCUT2D eigenvalue weighted by molar-refractivity contribution is -0.109. The summed E-state index contributed by atoms with van der Waals surface area (Å²) in [5.41, 5.74) is 1.76. The normalized spacial score (nSPS) is 10.0. The number of hydrogen-bond donors (Lipinski definition) is 0. The van der Waals surface area contributed by atoms with E-state index in [1.54, 1.807) is 19.2 Å². The Hall–Kier alpha value is -1.50. The number of carbonyl (C=O) groups excluding carboxylic acids is 1. The van der Waals surface area contributed by atoms with Gasteiger partial charge in [-0.3, -0.25) is 9.78 Å². The number of fused-ring (bicyclic) bond motifs is 1. The van der Waals surface area contributed by atoms with Crippen LogP contribution in [0.3, 0.4) is 0 Å². The molecule has 19 heavy (non-hydrogen) atoms. The first-order valence-corrected chi connectivity index (χ1v) is 7.19. The Morgan fingerprint density at radius 3 is 3.05 bits per heavy atom. The summed E-state index contributed by atoms with van der Waals surface area (Å²) in [5.74, 6) is 6.86. The van der Waals surface area contributed by atoms with Gasteiger partial charge in [-0.2, -0.15) is 0 Å². The number of nitrogens with zero attached hydrogens (tertiary/aromatic N) is 1. The van der Waals surface area contributed by atoms with Crippen LogP contribution in [0.25, 0.3) is 10.9 Å². The molecule has 0 spiro atoms. The SMILES string of the molecule is CC(=O)SCCC#Cc1ccc2c(Cl)ccnc2c1. The molecule has 0 atom stereocenters. The van der Waals surface area contributed by atoms with E-state index in [-0.39, 0.29) is 5.12 Å². The standard InChI is InChI=1S/C15H12ClNOS/c1-11(18)19-9-3-2-4-12-5-6-13-14(16)7-8-17-15(13)10-12/h5-8,10H,3,9H2,1H3. The van der Waals surface area contributed by atoms with Gasteiger partial charge in [0.1, 0.15) is 0 Å². The molecule has 0 fully saturated rings. The van der Waals surface area contributed by atoms with Gasteiger partial charge in [0.15, 0.2) is 5.12 Å². The van der Waals surface area contributed by atoms with Crippen molar-refractivity contribution in [2.75, 3.05) is 5.75 Å². The van der Waals surface area contributed by atoms with E-state index < -0.39 is 0 Å². The van der Waals surface area contributed by atoms with Crippen molar-refractivity contribution < 1.29 is 4.79 Å². The third-order valence-corrected chi connectivity index (χ3v) is 3.60. The molecule has 0 saturated heterocycles. The van der Waals surface area contributed by atoms with E-state index in [2.05, 4.69) is 16.8 Å². The zero-order valence-electron chi connectivity index (χ0n) is 10.4. The van der Waals surface area contributed by atoms with Crippen LogP contribution in [-0.2, 0) is 4.79 Å². The fraction of sp³-hybridized carbons (Fsp3) is 0.200. The van der Waals surface area contributed by atoms with Crippen LogP contribution in [0, 0.1) is 11.8 Å². The van der Waals surface area contributed by atoms with Crippen molar-refractivity contribution >= 4 is 39.4 Å². The maximum Gasteiger partial charge on any atom is 0.185 e. The second-order valence-corrected chi connectivity index (χ2v) is 5.60. The van der Waals surface area contributed by atoms with Crippen LogP contribution in [0.15, 0.2) is 30.5 Å². The molecule has 2 nitrogen and oxygen atoms in total. The summed E-state index contributed by atoms with van der Waals surface area (Å²) in [7, 11) is 0. The molecule has 0 N–H and O–H groups in total. The number of halogens is 1. The van der Waals surface area contributed by atoms with Crippen molar-refractivity contribution in [2.24, 2.45) is 0 Å². The third kappa shape index (κ3) is 3.99. The summed E-state index contributed by atoms with van der Waals surface area (Å²) in [6.45, 7) is 1.57. The van der Waals surface area contributed by atoms with E-state index in [4.69, 9.17) is 11.6 Å². The number of aromatic nitrogens is 1. The van der Waals surface area contributed by atoms with Gasteiger partial charge in [0.05, 0.1) is 10.5 Å². The van der Waals surface area contributed by atoms with Crippen molar-refractivity contribution in [3.63, 3.8) is 0 Å². The van der Waals surface area contributed by atoms with E-state index in [0.29, 0.717) is 11.4 Å². The summed E-state index contributed by atoms with van der Waals surface area (Å²) in [4.78, 5) is 15.0. The first-order valence-electron chi connectivity index (χ1n) is 5.83. The summed E-state index contributed by atoms with van der Waals surface area (Å²) in [5, 5.41) is 1.76. The Kier molecular flexibility index (Phi) is 4.84. The van der Waals surface area contributed by atoms with Crippen LogP contribution in [0.4, 0.5) is 0 Å². The summed E-state index contributed by atoms with van der Waals surface area (Å²) in [6.07, 6.45) is 2.39. The Morgan fingerprint density at radius 2 is 2.26 bits per heavy atom. The molecule has 96 valence electrons. The average Bonchev–Trinajstić information content (AvgIpc) is 2.38. The van der Waals surface area contributed by atoms with E-state index in [9.17, 15) is 4.79 Å². The number of rotatable bonds is 2. The quantitative estimate of drug-likeness (QED) is 0.620. The molecule has 0 bridgehead atoms. The number of benzene rings is 1. The summed E-state index contributed by atoms with van der Waals surface area (Å²) in [6, 6.07) is 7.56. The Morgan fingerprint density at radius 1 is 1.42 bits per heavy atom. The topological polar surface area (TPSA) is 30.0 Å². The zero-order chi connectivity index (χ0) is 13.7. The molecule has 2 aromatic rings. The number of hydrogen-bond acceptors (Lipinski definition) is 3. The zero-order valence-corrected chi connectivity index (χ0v) is 12.0. The fourth-order valence-corrected chi connectivity index (χ4v) is 2.31. The van der Waals surface area contributed by atoms with Crippen molar-refractivity contribution in [1.29, 1.82) is 0 Å². The lowest BCUT2D eigenvalue weighted by Gasteiger charge is -1.99. The van der Waals surface area contributed by atoms with Crippen LogP contribution < -0.4 is 0 Å². The van der Waals surface area contributed by atoms with Gasteiger partial charge < -0.3 is 0 Å². The number of thioether (sulfide) groups is 1. The molecule has 1 heterocycles. The first kappa shape index (κ1) is 13.9. The molecule has 1 aromatic carbocycles. The van der Waals surface area contributed by atoms with E-state index >= 15 is 0 Å². The Bertz CT molecular complexity index is 673. The van der Waals surface area contributed by atoms with E-state index in [1.165, 1.54) is 11.8 Å². The summed E-state index contributed by atoms with van der Waals surface area (Å²) < 4.78 is 0. The van der Waals surface area contributed by atoms with Gasteiger partial charge >= 0.3 is 0 Å². The van der Waals surface area contributed by atoms with Crippen molar-refractivity contribution in [1.82, 2.24) is 4.98 Å². The van der Waals surface area contributed by atoms with Gasteiger partial charge in [0.2, 0.25) is 0 Å². The molecule has 4 heteroatoms. The van der Waals surface area contributed by atoms with Gasteiger partial charge in [-0.1, -0.05) is 41.3 Å². The van der Waals surface area contributed by atoms with E-state index in [1.807, 2.05) is 18.2 Å². The molecular formula is C15H12ClNOS. The lowest BCUT2D eigenvalue weighted by atomic mass is 10.1. The van der Waals surface area contributed by atoms with Crippen LogP contribution in [-0.4, -0.2) is 15.9 Å². The molecule has 0 saturated carbocycles. The Labute approximate surface area is 121 Å². The van der Waals surface area contributed by atoms with Gasteiger partial charge in [-0.15, -0.1) is 0 Å². The highest BCUT2D eigenvalue weighted by Gasteiger charge is 1.99. The monoisotopic (exact) mass is 289 g/mol. The molecule has 1 aromatic heterocycles. The smallest absolute Gasteiger partial charge is 0.185 e. The van der Waals surface area contributed by atoms with Crippen molar-refractivity contribution in [3.05, 3.63) is 41.0 Å². The minimum atomic E-state index is 0.131. The molecule has 0 amide bonds. The Balaban J connectivity index is 2.10. The number of pyridine rings is 1. The highest BCUT2D eigenvalue weighted by molar-refractivity contribution is 8.13. The highest BCUT2D eigenvalue weighted by Crippen LogP contribution is 2.21. The first-order chi connectivity index (χ1) is 9.16. The van der Waals surface area contributed by atoms with E-state index in [0.717, 1.165) is 22.2 Å². The maximum absolute atomic E-state index is 10.7. The minimum Gasteiger partial charge on any atom is -0.288 e. The van der Waals surface area contributed by atoms with Gasteiger partial charge in [-0.25, -0.2) is 0 Å². The van der Waals surface area contributed by atoms with Gasteiger partial charge in [0.25, 0.3) is 0 Å². The molecule has 0 aliphatic rings. The predicted molar refractivity (Wildman–Crippen MR) is 81.4 cm³/mol. The average molecular weight is 290 g/mol. The molecule has 0 unspecified atom stereocenters. The molecule has 0 radical (unpaired) electrons. The largest absolute Gasteiger partial charge is 0.288 e. The molecule has 0 aliphatic carbocycles. The van der Waals surface area contributed by atoms with Crippen molar-refractivity contribution in [2.45, 2.75) is 13.3 Å². The van der Waals surface area contributed by atoms with Crippen LogP contribution in [0.2, 0.25) is 5.02 Å². The second kappa shape index (κ2) is 6.60. The molecular weight excluding hydrogens is 278 g/mol. The lowest BCUT2D eigenvalue weighted by Crippen LogP contribution is -1.84. The highest BCUT2D eigenvalue weighted by atomic mass is 35.5. The van der Waals surface area contributed by atoms with Crippen LogP contribution >= 0.6 is 23.4 Å². The number of carbonyl (C=O) groups is 1. The second-order valence-electron chi connectivity index (χ2n) is 3.92. The molecule has 0 aliphatic heterocycles.